The zero-order valence-electron chi connectivity index (χ0n) is 11.4. The van der Waals surface area contributed by atoms with Crippen LogP contribution in [-0.2, 0) is 12.8 Å². The van der Waals surface area contributed by atoms with Crippen molar-refractivity contribution in [2.75, 3.05) is 6.54 Å². The van der Waals surface area contributed by atoms with Crippen molar-refractivity contribution < 1.29 is 0 Å². The molecule has 1 aromatic heterocycles. The summed E-state index contributed by atoms with van der Waals surface area (Å²) in [6.45, 7) is 0.828. The van der Waals surface area contributed by atoms with Gasteiger partial charge in [-0.1, -0.05) is 18.2 Å². The molecular formula is C16H18N4. The maximum atomic E-state index is 5.33. The Morgan fingerprint density at radius 2 is 2.15 bits per heavy atom. The van der Waals surface area contributed by atoms with E-state index in [2.05, 4.69) is 33.2 Å². The van der Waals surface area contributed by atoms with E-state index in [1.54, 1.807) is 6.33 Å². The van der Waals surface area contributed by atoms with Gasteiger partial charge in [0.05, 0.1) is 6.34 Å². The highest BCUT2D eigenvalue weighted by Gasteiger charge is 2.20. The van der Waals surface area contributed by atoms with E-state index in [4.69, 9.17) is 5.73 Å². The number of aromatic nitrogens is 2. The van der Waals surface area contributed by atoms with Crippen LogP contribution in [0.25, 0.3) is 11.1 Å². The number of rotatable bonds is 3. The zero-order valence-corrected chi connectivity index (χ0v) is 11.4. The summed E-state index contributed by atoms with van der Waals surface area (Å²) in [5.74, 6) is 0.601. The highest BCUT2D eigenvalue weighted by atomic mass is 14.8. The third-order valence-electron chi connectivity index (χ3n) is 3.92. The van der Waals surface area contributed by atoms with E-state index in [1.165, 1.54) is 23.0 Å². The zero-order chi connectivity index (χ0) is 13.8. The van der Waals surface area contributed by atoms with E-state index in [0.29, 0.717) is 5.92 Å². The smallest absolute Gasteiger partial charge is 0.115 e. The average Bonchev–Trinajstić information content (AvgIpc) is 2.53. The van der Waals surface area contributed by atoms with Crippen LogP contribution in [0.2, 0.25) is 0 Å². The van der Waals surface area contributed by atoms with Crippen molar-refractivity contribution in [2.45, 2.75) is 19.3 Å². The van der Waals surface area contributed by atoms with Crippen molar-refractivity contribution in [1.82, 2.24) is 9.97 Å². The highest BCUT2D eigenvalue weighted by molar-refractivity contribution is 5.67. The van der Waals surface area contributed by atoms with E-state index < -0.39 is 0 Å². The summed E-state index contributed by atoms with van der Waals surface area (Å²) in [6.07, 6.45) is 10.1. The van der Waals surface area contributed by atoms with Crippen LogP contribution in [0.3, 0.4) is 0 Å². The molecule has 4 heteroatoms. The molecule has 1 aliphatic carbocycles. The van der Waals surface area contributed by atoms with E-state index in [1.807, 2.05) is 12.4 Å². The summed E-state index contributed by atoms with van der Waals surface area (Å²) in [7, 11) is 0. The molecule has 4 nitrogen and oxygen atoms in total. The SMILES string of the molecule is NC=NCC1CCc2c(cccc2-c2cncnc2)C1. The van der Waals surface area contributed by atoms with Gasteiger partial charge < -0.3 is 5.73 Å². The number of aliphatic imine (C=N–C) groups is 1. The summed E-state index contributed by atoms with van der Waals surface area (Å²) in [5.41, 5.74) is 10.6. The molecule has 1 atom stereocenters. The van der Waals surface area contributed by atoms with Gasteiger partial charge in [0.25, 0.3) is 0 Å². The summed E-state index contributed by atoms with van der Waals surface area (Å²) in [5, 5.41) is 0. The lowest BCUT2D eigenvalue weighted by atomic mass is 9.81. The maximum absolute atomic E-state index is 5.33. The van der Waals surface area contributed by atoms with Crippen LogP contribution in [0.4, 0.5) is 0 Å². The molecule has 1 heterocycles. The quantitative estimate of drug-likeness (QED) is 0.684. The number of benzene rings is 1. The van der Waals surface area contributed by atoms with Crippen LogP contribution in [0.1, 0.15) is 17.5 Å². The Hall–Kier alpha value is -2.23. The molecule has 20 heavy (non-hydrogen) atoms. The first-order valence-corrected chi connectivity index (χ1v) is 6.94. The van der Waals surface area contributed by atoms with Crippen molar-refractivity contribution in [2.24, 2.45) is 16.6 Å². The van der Waals surface area contributed by atoms with E-state index >= 15 is 0 Å². The minimum Gasteiger partial charge on any atom is -0.390 e. The monoisotopic (exact) mass is 266 g/mol. The van der Waals surface area contributed by atoms with Crippen molar-refractivity contribution in [3.8, 4) is 11.1 Å². The standard InChI is InChI=1S/C16H18N4/c17-10-18-7-12-4-5-16-13(6-12)2-1-3-15(16)14-8-19-11-20-9-14/h1-3,8-12H,4-7H2,(H2,17,18). The number of nitrogens with zero attached hydrogens (tertiary/aromatic N) is 3. The van der Waals surface area contributed by atoms with E-state index in [0.717, 1.165) is 31.4 Å². The van der Waals surface area contributed by atoms with Gasteiger partial charge in [-0.2, -0.15) is 0 Å². The van der Waals surface area contributed by atoms with E-state index in [9.17, 15) is 0 Å². The van der Waals surface area contributed by atoms with Crippen LogP contribution in [-0.4, -0.2) is 22.9 Å². The molecule has 0 fully saturated rings. The third-order valence-corrected chi connectivity index (χ3v) is 3.92. The highest BCUT2D eigenvalue weighted by Crippen LogP contribution is 2.33. The molecule has 0 spiro atoms. The van der Waals surface area contributed by atoms with Crippen LogP contribution >= 0.6 is 0 Å². The molecule has 0 amide bonds. The minimum absolute atomic E-state index is 0.601. The van der Waals surface area contributed by atoms with Gasteiger partial charge in [0, 0.05) is 24.5 Å². The molecule has 0 bridgehead atoms. The Kier molecular flexibility index (Phi) is 3.72. The molecule has 1 aliphatic rings. The second kappa shape index (κ2) is 5.82. The second-order valence-corrected chi connectivity index (χ2v) is 5.19. The topological polar surface area (TPSA) is 64.2 Å². The molecule has 0 radical (unpaired) electrons. The van der Waals surface area contributed by atoms with Gasteiger partial charge in [-0.15, -0.1) is 0 Å². The van der Waals surface area contributed by atoms with Crippen molar-refractivity contribution in [3.63, 3.8) is 0 Å². The number of fused-ring (bicyclic) bond motifs is 1. The Balaban J connectivity index is 1.91. The fraction of sp³-hybridized carbons (Fsp3) is 0.312. The predicted molar refractivity (Wildman–Crippen MR) is 80.5 cm³/mol. The third kappa shape index (κ3) is 2.54. The summed E-state index contributed by atoms with van der Waals surface area (Å²) < 4.78 is 0. The van der Waals surface area contributed by atoms with Crippen LogP contribution in [0.15, 0.2) is 41.9 Å². The Morgan fingerprint density at radius 3 is 2.95 bits per heavy atom. The Bertz CT molecular complexity index is 607. The van der Waals surface area contributed by atoms with Gasteiger partial charge in [-0.25, -0.2) is 9.97 Å². The van der Waals surface area contributed by atoms with Crippen molar-refractivity contribution >= 4 is 6.34 Å². The molecule has 1 aromatic carbocycles. The average molecular weight is 266 g/mol. The predicted octanol–water partition coefficient (Wildman–Crippen LogP) is 2.24. The molecule has 0 aliphatic heterocycles. The molecular weight excluding hydrogens is 248 g/mol. The van der Waals surface area contributed by atoms with Crippen molar-refractivity contribution in [1.29, 1.82) is 0 Å². The fourth-order valence-corrected chi connectivity index (χ4v) is 2.96. The first kappa shape index (κ1) is 12.8. The lowest BCUT2D eigenvalue weighted by Gasteiger charge is -2.25. The molecule has 0 saturated heterocycles. The normalized spacial score (nSPS) is 18.1. The summed E-state index contributed by atoms with van der Waals surface area (Å²) >= 11 is 0. The van der Waals surface area contributed by atoms with Crippen LogP contribution in [0, 0.1) is 5.92 Å². The fourth-order valence-electron chi connectivity index (χ4n) is 2.96. The lowest BCUT2D eigenvalue weighted by Crippen LogP contribution is -2.18. The van der Waals surface area contributed by atoms with Crippen LogP contribution < -0.4 is 5.73 Å². The van der Waals surface area contributed by atoms with Gasteiger partial charge in [-0.05, 0) is 41.9 Å². The van der Waals surface area contributed by atoms with Gasteiger partial charge in [0.2, 0.25) is 0 Å². The second-order valence-electron chi connectivity index (χ2n) is 5.19. The first-order valence-electron chi connectivity index (χ1n) is 6.94. The number of hydrogen-bond donors (Lipinski definition) is 1. The molecule has 102 valence electrons. The van der Waals surface area contributed by atoms with Crippen molar-refractivity contribution in [3.05, 3.63) is 48.0 Å². The lowest BCUT2D eigenvalue weighted by molar-refractivity contribution is 0.471. The molecule has 2 N–H and O–H groups in total. The minimum atomic E-state index is 0.601. The number of nitrogens with two attached hydrogens (primary N) is 1. The molecule has 2 aromatic rings. The van der Waals surface area contributed by atoms with Gasteiger partial charge in [-0.3, -0.25) is 4.99 Å². The summed E-state index contributed by atoms with van der Waals surface area (Å²) in [4.78, 5) is 12.4. The Labute approximate surface area is 118 Å². The van der Waals surface area contributed by atoms with Gasteiger partial charge >= 0.3 is 0 Å². The maximum Gasteiger partial charge on any atom is 0.115 e. The summed E-state index contributed by atoms with van der Waals surface area (Å²) in [6, 6.07) is 6.51. The molecule has 3 rings (SSSR count). The van der Waals surface area contributed by atoms with Crippen LogP contribution in [0.5, 0.6) is 0 Å². The van der Waals surface area contributed by atoms with Gasteiger partial charge in [0.1, 0.15) is 6.33 Å². The number of hydrogen-bond acceptors (Lipinski definition) is 3. The van der Waals surface area contributed by atoms with E-state index in [-0.39, 0.29) is 0 Å². The van der Waals surface area contributed by atoms with Gasteiger partial charge in [0.15, 0.2) is 0 Å². The molecule has 0 saturated carbocycles. The molecule has 1 unspecified atom stereocenters. The first-order chi connectivity index (χ1) is 9.88. The largest absolute Gasteiger partial charge is 0.390 e. The Morgan fingerprint density at radius 1 is 1.30 bits per heavy atom.